The van der Waals surface area contributed by atoms with Gasteiger partial charge in [0.15, 0.2) is 17.3 Å². The van der Waals surface area contributed by atoms with Gasteiger partial charge in [0, 0.05) is 10.0 Å². The van der Waals surface area contributed by atoms with Gasteiger partial charge in [0.25, 0.3) is 0 Å². The van der Waals surface area contributed by atoms with E-state index in [1.807, 2.05) is 30.3 Å². The van der Waals surface area contributed by atoms with E-state index in [4.69, 9.17) is 38.0 Å². The zero-order valence-corrected chi connectivity index (χ0v) is 21.9. The molecule has 4 rings (SSSR count). The summed E-state index contributed by atoms with van der Waals surface area (Å²) in [6.45, 7) is 0.338. The summed E-state index contributed by atoms with van der Waals surface area (Å²) in [6.07, 6.45) is 0. The molecule has 182 valence electrons. The molecule has 0 fully saturated rings. The minimum atomic E-state index is -0.431. The fourth-order valence-corrected chi connectivity index (χ4v) is 4.30. The maximum absolute atomic E-state index is 14.1. The molecule has 0 saturated carbocycles. The number of benzene rings is 3. The van der Waals surface area contributed by atoms with Gasteiger partial charge in [0.05, 0.1) is 31.4 Å². The normalized spacial score (nSPS) is 10.8. The maximum Gasteiger partial charge on any atom is 0.214 e. The van der Waals surface area contributed by atoms with Crippen molar-refractivity contribution in [3.8, 4) is 28.6 Å². The number of aromatic amines is 1. The molecule has 0 amide bonds. The van der Waals surface area contributed by atoms with E-state index in [2.05, 4.69) is 31.6 Å². The molecule has 1 aromatic heterocycles. The molecule has 0 aliphatic rings. The second-order valence-electron chi connectivity index (χ2n) is 7.31. The van der Waals surface area contributed by atoms with Crippen LogP contribution in [0.3, 0.4) is 0 Å². The highest BCUT2D eigenvalue weighted by Gasteiger charge is 2.16. The second kappa shape index (κ2) is 11.1. The highest BCUT2D eigenvalue weighted by Crippen LogP contribution is 2.35. The highest BCUT2D eigenvalue weighted by molar-refractivity contribution is 9.10. The van der Waals surface area contributed by atoms with Crippen molar-refractivity contribution in [2.24, 2.45) is 0 Å². The number of ether oxygens (including phenoxy) is 3. The monoisotopic (exact) mass is 578 g/mol. The molecule has 35 heavy (non-hydrogen) atoms. The second-order valence-corrected chi connectivity index (χ2v) is 8.95. The Kier molecular flexibility index (Phi) is 7.94. The summed E-state index contributed by atoms with van der Waals surface area (Å²) in [5.74, 6) is 1.75. The standard InChI is InChI=1S/C24H21BrClFN4O3S/c1-32-20-9-4-3-6-15(20)23-29-30-24(35)31(23)28-12-14-10-21(33-2)22(11-17(14)25)34-13-16-18(26)7-5-8-19(16)27/h3-11,28H,12-13H2,1-2H3,(H,30,35). The number of halogens is 3. The molecule has 0 saturated heterocycles. The number of hydrogen-bond donors (Lipinski definition) is 2. The van der Waals surface area contributed by atoms with Gasteiger partial charge in [-0.1, -0.05) is 45.7 Å². The van der Waals surface area contributed by atoms with Crippen molar-refractivity contribution >= 4 is 39.7 Å². The predicted octanol–water partition coefficient (Wildman–Crippen LogP) is 6.50. The lowest BCUT2D eigenvalue weighted by Gasteiger charge is -2.16. The van der Waals surface area contributed by atoms with E-state index in [0.717, 1.165) is 15.6 Å². The van der Waals surface area contributed by atoms with Crippen molar-refractivity contribution in [3.63, 3.8) is 0 Å². The summed E-state index contributed by atoms with van der Waals surface area (Å²) in [7, 11) is 3.14. The fraction of sp³-hybridized carbons (Fsp3) is 0.167. The topological polar surface area (TPSA) is 73.3 Å². The molecule has 0 atom stereocenters. The highest BCUT2D eigenvalue weighted by atomic mass is 79.9. The number of nitrogens with zero attached hydrogens (tertiary/aromatic N) is 2. The Labute approximate surface area is 219 Å². The Morgan fingerprint density at radius 2 is 1.86 bits per heavy atom. The molecular formula is C24H21BrClFN4O3S. The first-order valence-corrected chi connectivity index (χ1v) is 12.0. The Morgan fingerprint density at radius 1 is 1.09 bits per heavy atom. The van der Waals surface area contributed by atoms with Gasteiger partial charge in [-0.25, -0.2) is 14.2 Å². The summed E-state index contributed by atoms with van der Waals surface area (Å²) in [5.41, 5.74) is 5.20. The Hall–Kier alpha value is -3.08. The third kappa shape index (κ3) is 5.44. The first kappa shape index (κ1) is 25.0. The van der Waals surface area contributed by atoms with Crippen molar-refractivity contribution in [1.82, 2.24) is 14.9 Å². The average Bonchev–Trinajstić information content (AvgIpc) is 3.23. The van der Waals surface area contributed by atoms with Crippen LogP contribution in [0.1, 0.15) is 11.1 Å². The molecule has 11 heteroatoms. The largest absolute Gasteiger partial charge is 0.496 e. The number of hydrogen-bond acceptors (Lipinski definition) is 6. The molecule has 0 aliphatic heterocycles. The van der Waals surface area contributed by atoms with E-state index in [-0.39, 0.29) is 12.2 Å². The van der Waals surface area contributed by atoms with Crippen LogP contribution in [0.5, 0.6) is 17.2 Å². The minimum absolute atomic E-state index is 0.0433. The lowest BCUT2D eigenvalue weighted by Crippen LogP contribution is -2.16. The molecule has 2 N–H and O–H groups in total. The first-order chi connectivity index (χ1) is 16.9. The zero-order valence-electron chi connectivity index (χ0n) is 18.8. The van der Waals surface area contributed by atoms with Crippen molar-refractivity contribution in [3.05, 3.63) is 85.8 Å². The van der Waals surface area contributed by atoms with E-state index in [0.29, 0.717) is 39.4 Å². The molecule has 7 nitrogen and oxygen atoms in total. The van der Waals surface area contributed by atoms with Crippen LogP contribution < -0.4 is 19.6 Å². The number of rotatable bonds is 9. The maximum atomic E-state index is 14.1. The van der Waals surface area contributed by atoms with E-state index >= 15 is 0 Å². The summed E-state index contributed by atoms with van der Waals surface area (Å²) in [6, 6.07) is 15.6. The molecule has 1 heterocycles. The Bertz CT molecular complexity index is 1390. The summed E-state index contributed by atoms with van der Waals surface area (Å²) < 4.78 is 33.7. The van der Waals surface area contributed by atoms with E-state index in [1.54, 1.807) is 30.0 Å². The van der Waals surface area contributed by atoms with Gasteiger partial charge < -0.3 is 19.6 Å². The van der Waals surface area contributed by atoms with Gasteiger partial charge in [0.1, 0.15) is 18.2 Å². The van der Waals surface area contributed by atoms with Crippen LogP contribution in [0.4, 0.5) is 4.39 Å². The van der Waals surface area contributed by atoms with Crippen LogP contribution in [0.15, 0.2) is 59.1 Å². The van der Waals surface area contributed by atoms with Crippen molar-refractivity contribution in [2.75, 3.05) is 19.6 Å². The molecular weight excluding hydrogens is 559 g/mol. The van der Waals surface area contributed by atoms with Crippen LogP contribution in [0, 0.1) is 10.6 Å². The fourth-order valence-electron chi connectivity index (χ4n) is 3.42. The number of H-pyrrole nitrogens is 1. The smallest absolute Gasteiger partial charge is 0.214 e. The lowest BCUT2D eigenvalue weighted by atomic mass is 10.2. The molecule has 0 bridgehead atoms. The Balaban J connectivity index is 1.56. The average molecular weight is 580 g/mol. The van der Waals surface area contributed by atoms with Crippen LogP contribution in [-0.4, -0.2) is 29.1 Å². The van der Waals surface area contributed by atoms with Crippen molar-refractivity contribution in [1.29, 1.82) is 0 Å². The van der Waals surface area contributed by atoms with Gasteiger partial charge in [-0.05, 0) is 54.2 Å². The van der Waals surface area contributed by atoms with E-state index in [1.165, 1.54) is 13.2 Å². The van der Waals surface area contributed by atoms with E-state index in [9.17, 15) is 4.39 Å². The summed E-state index contributed by atoms with van der Waals surface area (Å²) in [4.78, 5) is 0. The van der Waals surface area contributed by atoms with Gasteiger partial charge in [-0.2, -0.15) is 5.10 Å². The minimum Gasteiger partial charge on any atom is -0.496 e. The quantitative estimate of drug-likeness (QED) is 0.221. The number of para-hydroxylation sites is 1. The van der Waals surface area contributed by atoms with Crippen molar-refractivity contribution < 1.29 is 18.6 Å². The Morgan fingerprint density at radius 3 is 2.60 bits per heavy atom. The molecule has 0 spiro atoms. The van der Waals surface area contributed by atoms with Crippen LogP contribution in [0.2, 0.25) is 5.02 Å². The number of methoxy groups -OCH3 is 2. The molecule has 0 radical (unpaired) electrons. The molecule has 0 unspecified atom stereocenters. The summed E-state index contributed by atoms with van der Waals surface area (Å²) in [5, 5.41) is 7.46. The van der Waals surface area contributed by atoms with Gasteiger partial charge in [0.2, 0.25) is 4.77 Å². The van der Waals surface area contributed by atoms with Gasteiger partial charge in [-0.3, -0.25) is 0 Å². The van der Waals surface area contributed by atoms with Crippen LogP contribution in [-0.2, 0) is 13.2 Å². The van der Waals surface area contributed by atoms with E-state index < -0.39 is 5.82 Å². The molecule has 3 aromatic carbocycles. The lowest BCUT2D eigenvalue weighted by molar-refractivity contribution is 0.279. The first-order valence-electron chi connectivity index (χ1n) is 10.4. The molecule has 0 aliphatic carbocycles. The van der Waals surface area contributed by atoms with Crippen LogP contribution >= 0.6 is 39.7 Å². The number of nitrogens with one attached hydrogen (secondary N) is 2. The van der Waals surface area contributed by atoms with Gasteiger partial charge in [-0.15, -0.1) is 0 Å². The third-order valence-electron chi connectivity index (χ3n) is 5.21. The van der Waals surface area contributed by atoms with Crippen LogP contribution in [0.25, 0.3) is 11.4 Å². The molecule has 4 aromatic rings. The SMILES string of the molecule is COc1cc(CNn2c(-c3ccccc3OC)n[nH]c2=S)c(Br)cc1OCc1c(F)cccc1Cl. The third-order valence-corrected chi connectivity index (χ3v) is 6.58. The number of aromatic nitrogens is 3. The zero-order chi connectivity index (χ0) is 24.9. The van der Waals surface area contributed by atoms with Gasteiger partial charge >= 0.3 is 0 Å². The van der Waals surface area contributed by atoms with Crippen molar-refractivity contribution in [2.45, 2.75) is 13.2 Å². The summed E-state index contributed by atoms with van der Waals surface area (Å²) >= 11 is 15.1. The predicted molar refractivity (Wildman–Crippen MR) is 139 cm³/mol.